The molecule has 0 spiro atoms. The van der Waals surface area contributed by atoms with Crippen molar-refractivity contribution in [3.63, 3.8) is 0 Å². The zero-order valence-electron chi connectivity index (χ0n) is 19.6. The topological polar surface area (TPSA) is 44.4 Å². The normalized spacial score (nSPS) is 24.2. The number of aromatic amines is 1. The summed E-state index contributed by atoms with van der Waals surface area (Å²) in [5.74, 6) is 0.663. The van der Waals surface area contributed by atoms with Crippen molar-refractivity contribution < 1.29 is 9.13 Å². The Labute approximate surface area is 199 Å². The molecule has 0 bridgehead atoms. The number of ether oxygens (including phenoxy) is 1. The molecular formula is C28H31FN4O. The zero-order chi connectivity index (χ0) is 23.1. The van der Waals surface area contributed by atoms with E-state index in [1.807, 2.05) is 12.3 Å². The Morgan fingerprint density at radius 3 is 2.88 bits per heavy atom. The average molecular weight is 459 g/mol. The van der Waals surface area contributed by atoms with E-state index >= 15 is 0 Å². The van der Waals surface area contributed by atoms with E-state index in [0.29, 0.717) is 18.3 Å². The molecule has 0 amide bonds. The van der Waals surface area contributed by atoms with Gasteiger partial charge in [-0.25, -0.2) is 4.98 Å². The number of hydrogen-bond donors (Lipinski definition) is 1. The number of halogens is 1. The van der Waals surface area contributed by atoms with Crippen molar-refractivity contribution in [1.82, 2.24) is 19.8 Å². The third-order valence-electron chi connectivity index (χ3n) is 7.45. The fourth-order valence-corrected chi connectivity index (χ4v) is 5.76. The first-order valence-corrected chi connectivity index (χ1v) is 12.4. The lowest BCUT2D eigenvalue weighted by molar-refractivity contribution is 0.188. The van der Waals surface area contributed by atoms with Gasteiger partial charge in [-0.2, -0.15) is 0 Å². The van der Waals surface area contributed by atoms with Crippen LogP contribution in [-0.2, 0) is 6.42 Å². The SMILES string of the molecule is C[C@@H]1Cc2c([nH]c3ccccc23)[C@@H](c2ccc(O[C@H]3CCN(CCCF)C3)nc2)N1C1=C=CC1. The van der Waals surface area contributed by atoms with Crippen LogP contribution in [0.3, 0.4) is 0 Å². The van der Waals surface area contributed by atoms with Crippen LogP contribution < -0.4 is 4.74 Å². The molecule has 34 heavy (non-hydrogen) atoms. The predicted molar refractivity (Wildman–Crippen MR) is 132 cm³/mol. The zero-order valence-corrected chi connectivity index (χ0v) is 19.6. The average Bonchev–Trinajstić information content (AvgIpc) is 3.42. The first kappa shape index (κ1) is 21.5. The van der Waals surface area contributed by atoms with Gasteiger partial charge in [0.05, 0.1) is 18.4 Å². The molecule has 5 nitrogen and oxygen atoms in total. The summed E-state index contributed by atoms with van der Waals surface area (Å²) >= 11 is 0. The number of likely N-dealkylation sites (tertiary alicyclic amines) is 1. The van der Waals surface area contributed by atoms with Gasteiger partial charge in [0.2, 0.25) is 5.88 Å². The first-order chi connectivity index (χ1) is 16.7. The van der Waals surface area contributed by atoms with E-state index in [1.54, 1.807) is 0 Å². The number of para-hydroxylation sites is 1. The van der Waals surface area contributed by atoms with Crippen molar-refractivity contribution in [1.29, 1.82) is 0 Å². The van der Waals surface area contributed by atoms with Crippen LogP contribution in [0, 0.1) is 0 Å². The molecule has 2 aliphatic heterocycles. The van der Waals surface area contributed by atoms with Crippen LogP contribution in [-0.4, -0.2) is 58.2 Å². The Balaban J connectivity index is 1.28. The van der Waals surface area contributed by atoms with E-state index in [1.165, 1.54) is 27.9 Å². The number of benzene rings is 1. The lowest BCUT2D eigenvalue weighted by Crippen LogP contribution is -2.42. The van der Waals surface area contributed by atoms with Crippen molar-refractivity contribution in [2.45, 2.75) is 50.8 Å². The number of H-pyrrole nitrogens is 1. The molecular weight excluding hydrogens is 427 g/mol. The minimum atomic E-state index is -0.257. The first-order valence-electron chi connectivity index (χ1n) is 12.4. The summed E-state index contributed by atoms with van der Waals surface area (Å²) < 4.78 is 18.7. The highest BCUT2D eigenvalue weighted by Crippen LogP contribution is 2.43. The number of rotatable bonds is 7. The van der Waals surface area contributed by atoms with E-state index in [-0.39, 0.29) is 18.8 Å². The Bertz CT molecular complexity index is 1240. The van der Waals surface area contributed by atoms with E-state index in [0.717, 1.165) is 44.5 Å². The molecule has 176 valence electrons. The van der Waals surface area contributed by atoms with Gasteiger partial charge in [0.25, 0.3) is 0 Å². The molecule has 1 aliphatic carbocycles. The minimum Gasteiger partial charge on any atom is -0.473 e. The van der Waals surface area contributed by atoms with Crippen LogP contribution in [0.25, 0.3) is 10.9 Å². The van der Waals surface area contributed by atoms with E-state index in [9.17, 15) is 4.39 Å². The smallest absolute Gasteiger partial charge is 0.213 e. The van der Waals surface area contributed by atoms with Crippen molar-refractivity contribution in [3.8, 4) is 5.88 Å². The molecule has 6 heteroatoms. The molecule has 1 saturated heterocycles. The molecule has 1 N–H and O–H groups in total. The molecule has 4 heterocycles. The number of alkyl halides is 1. The molecule has 1 fully saturated rings. The Hall–Kier alpha value is -3.08. The number of nitrogens with zero attached hydrogens (tertiary/aromatic N) is 3. The maximum Gasteiger partial charge on any atom is 0.213 e. The Morgan fingerprint density at radius 1 is 1.24 bits per heavy atom. The summed E-state index contributed by atoms with van der Waals surface area (Å²) in [6, 6.07) is 13.2. The summed E-state index contributed by atoms with van der Waals surface area (Å²) in [5.41, 5.74) is 9.70. The van der Waals surface area contributed by atoms with E-state index in [4.69, 9.17) is 9.72 Å². The second kappa shape index (κ2) is 8.94. The van der Waals surface area contributed by atoms with Gasteiger partial charge in [-0.15, -0.1) is 5.73 Å². The van der Waals surface area contributed by atoms with E-state index in [2.05, 4.69) is 63.8 Å². The highest BCUT2D eigenvalue weighted by Gasteiger charge is 2.37. The largest absolute Gasteiger partial charge is 0.473 e. The fraction of sp³-hybridized carbons (Fsp3) is 0.429. The third kappa shape index (κ3) is 3.81. The molecule has 0 radical (unpaired) electrons. The summed E-state index contributed by atoms with van der Waals surface area (Å²) in [4.78, 5) is 13.2. The molecule has 6 rings (SSSR count). The monoisotopic (exact) mass is 458 g/mol. The molecule has 3 atom stereocenters. The van der Waals surface area contributed by atoms with Crippen LogP contribution in [0.2, 0.25) is 0 Å². The third-order valence-corrected chi connectivity index (χ3v) is 7.45. The van der Waals surface area contributed by atoms with Gasteiger partial charge in [-0.05, 0) is 55.5 Å². The Kier molecular flexibility index (Phi) is 5.64. The lowest BCUT2D eigenvalue weighted by Gasteiger charge is -2.44. The minimum absolute atomic E-state index is 0.0755. The second-order valence-corrected chi connectivity index (χ2v) is 9.73. The Morgan fingerprint density at radius 2 is 2.12 bits per heavy atom. The molecule has 0 saturated carbocycles. The number of pyridine rings is 1. The number of nitrogens with one attached hydrogen (secondary N) is 1. The highest BCUT2D eigenvalue weighted by molar-refractivity contribution is 5.85. The van der Waals surface area contributed by atoms with Gasteiger partial charge < -0.3 is 14.6 Å². The summed E-state index contributed by atoms with van der Waals surface area (Å²) in [7, 11) is 0. The van der Waals surface area contributed by atoms with Crippen molar-refractivity contribution in [2.24, 2.45) is 0 Å². The summed E-state index contributed by atoms with van der Waals surface area (Å²) in [6.07, 6.45) is 7.73. The maximum atomic E-state index is 12.5. The molecule has 2 aromatic heterocycles. The van der Waals surface area contributed by atoms with Crippen molar-refractivity contribution >= 4 is 10.9 Å². The molecule has 1 aromatic carbocycles. The van der Waals surface area contributed by atoms with Crippen LogP contribution in [0.15, 0.2) is 60.1 Å². The van der Waals surface area contributed by atoms with Crippen molar-refractivity contribution in [2.75, 3.05) is 26.3 Å². The standard InChI is InChI=1S/C28H31FN4O/c1-19-16-24-23-8-2-3-9-25(23)31-27(24)28(33(19)21-6-4-7-21)20-10-11-26(30-17-20)34-22-12-15-32(18-22)14-5-13-29/h2-4,8-11,17,19,22,28,31H,5-6,12-16,18H2,1H3/t19-,22+,28-/m1/s1. The van der Waals surface area contributed by atoms with Gasteiger partial charge in [-0.3, -0.25) is 9.29 Å². The fourth-order valence-electron chi connectivity index (χ4n) is 5.76. The molecule has 3 aliphatic rings. The quantitative estimate of drug-likeness (QED) is 0.497. The van der Waals surface area contributed by atoms with Gasteiger partial charge in [-0.1, -0.05) is 18.2 Å². The maximum absolute atomic E-state index is 12.5. The van der Waals surface area contributed by atoms with Gasteiger partial charge in [0.15, 0.2) is 0 Å². The predicted octanol–water partition coefficient (Wildman–Crippen LogP) is 5.15. The van der Waals surface area contributed by atoms with Crippen molar-refractivity contribution in [3.05, 3.63) is 76.9 Å². The van der Waals surface area contributed by atoms with Gasteiger partial charge >= 0.3 is 0 Å². The van der Waals surface area contributed by atoms with Crippen LogP contribution >= 0.6 is 0 Å². The van der Waals surface area contributed by atoms with Gasteiger partial charge in [0, 0.05) is 61.0 Å². The van der Waals surface area contributed by atoms with Crippen LogP contribution in [0.5, 0.6) is 5.88 Å². The summed E-state index contributed by atoms with van der Waals surface area (Å²) in [6.45, 7) is 4.66. The van der Waals surface area contributed by atoms with Gasteiger partial charge in [0.1, 0.15) is 6.10 Å². The van der Waals surface area contributed by atoms with Crippen LogP contribution in [0.4, 0.5) is 4.39 Å². The number of hydrogen-bond acceptors (Lipinski definition) is 4. The van der Waals surface area contributed by atoms with E-state index < -0.39 is 0 Å². The summed E-state index contributed by atoms with van der Waals surface area (Å²) in [5, 5.41) is 1.32. The highest BCUT2D eigenvalue weighted by atomic mass is 19.1. The van der Waals surface area contributed by atoms with Crippen LogP contribution in [0.1, 0.15) is 49.0 Å². The number of aromatic nitrogens is 2. The second-order valence-electron chi connectivity index (χ2n) is 9.73. The molecule has 0 unspecified atom stereocenters. The number of fused-ring (bicyclic) bond motifs is 3. The lowest BCUT2D eigenvalue weighted by atomic mass is 9.87. The molecule has 3 aromatic rings.